The highest BCUT2D eigenvalue weighted by Gasteiger charge is 2.21. The van der Waals surface area contributed by atoms with Crippen LogP contribution in [0.25, 0.3) is 0 Å². The van der Waals surface area contributed by atoms with E-state index < -0.39 is 0 Å². The number of anilines is 2. The maximum Gasteiger partial charge on any atom is 0.149 e. The van der Waals surface area contributed by atoms with Crippen molar-refractivity contribution in [2.24, 2.45) is 0 Å². The van der Waals surface area contributed by atoms with Gasteiger partial charge >= 0.3 is 0 Å². The van der Waals surface area contributed by atoms with Crippen LogP contribution in [0.5, 0.6) is 0 Å². The van der Waals surface area contributed by atoms with E-state index >= 15 is 0 Å². The van der Waals surface area contributed by atoms with Crippen molar-refractivity contribution in [2.75, 3.05) is 23.7 Å². The SMILES string of the molecule is CCCN(CCC)c1nc(N)c(C#N)c(CC#N)c1C#N. The number of nitriles is 3. The Morgan fingerprint density at radius 1 is 1.05 bits per heavy atom. The van der Waals surface area contributed by atoms with Gasteiger partial charge in [0.05, 0.1) is 18.1 Å². The van der Waals surface area contributed by atoms with Crippen LogP contribution in [0.2, 0.25) is 0 Å². The quantitative estimate of drug-likeness (QED) is 0.854. The molecule has 6 heteroatoms. The zero-order valence-electron chi connectivity index (χ0n) is 12.3. The summed E-state index contributed by atoms with van der Waals surface area (Å²) in [6.45, 7) is 5.56. The molecule has 0 aliphatic rings. The zero-order chi connectivity index (χ0) is 15.8. The Hall–Kier alpha value is -2.78. The molecule has 0 fully saturated rings. The van der Waals surface area contributed by atoms with Gasteiger partial charge in [-0.15, -0.1) is 0 Å². The van der Waals surface area contributed by atoms with Gasteiger partial charge in [0.15, 0.2) is 0 Å². The van der Waals surface area contributed by atoms with Crippen molar-refractivity contribution in [1.82, 2.24) is 4.98 Å². The fourth-order valence-electron chi connectivity index (χ4n) is 2.23. The number of nitrogen functional groups attached to an aromatic ring is 1. The van der Waals surface area contributed by atoms with Crippen molar-refractivity contribution in [3.05, 3.63) is 16.7 Å². The summed E-state index contributed by atoms with van der Waals surface area (Å²) >= 11 is 0. The summed E-state index contributed by atoms with van der Waals surface area (Å²) in [6, 6.07) is 6.02. The van der Waals surface area contributed by atoms with Crippen LogP contribution in [-0.2, 0) is 6.42 Å². The summed E-state index contributed by atoms with van der Waals surface area (Å²) in [5.74, 6) is 0.553. The third kappa shape index (κ3) is 3.41. The Balaban J connectivity index is 3.56. The maximum atomic E-state index is 9.45. The second kappa shape index (κ2) is 7.72. The molecular formula is C15H18N6. The summed E-state index contributed by atoms with van der Waals surface area (Å²) < 4.78 is 0. The van der Waals surface area contributed by atoms with Gasteiger partial charge in [-0.2, -0.15) is 15.8 Å². The highest BCUT2D eigenvalue weighted by molar-refractivity contribution is 5.68. The van der Waals surface area contributed by atoms with Crippen molar-refractivity contribution in [2.45, 2.75) is 33.1 Å². The van der Waals surface area contributed by atoms with E-state index in [4.69, 9.17) is 11.0 Å². The molecule has 108 valence electrons. The van der Waals surface area contributed by atoms with Gasteiger partial charge in [-0.1, -0.05) is 13.8 Å². The molecule has 0 aliphatic carbocycles. The van der Waals surface area contributed by atoms with E-state index in [1.807, 2.05) is 30.9 Å². The molecule has 2 N–H and O–H groups in total. The first-order chi connectivity index (χ1) is 10.1. The average molecular weight is 282 g/mol. The third-order valence-corrected chi connectivity index (χ3v) is 3.08. The molecule has 0 saturated carbocycles. The molecule has 21 heavy (non-hydrogen) atoms. The highest BCUT2D eigenvalue weighted by Crippen LogP contribution is 2.28. The van der Waals surface area contributed by atoms with Crippen molar-refractivity contribution in [3.8, 4) is 18.2 Å². The largest absolute Gasteiger partial charge is 0.383 e. The minimum absolute atomic E-state index is 0.0302. The fourth-order valence-corrected chi connectivity index (χ4v) is 2.23. The molecule has 1 heterocycles. The number of nitrogens with zero attached hydrogens (tertiary/aromatic N) is 5. The van der Waals surface area contributed by atoms with E-state index in [1.165, 1.54) is 0 Å². The summed E-state index contributed by atoms with van der Waals surface area (Å²) in [5.41, 5.74) is 6.63. The Kier molecular flexibility index (Phi) is 5.99. The van der Waals surface area contributed by atoms with Crippen LogP contribution in [0.15, 0.2) is 0 Å². The average Bonchev–Trinajstić information content (AvgIpc) is 2.47. The van der Waals surface area contributed by atoms with Crippen molar-refractivity contribution < 1.29 is 0 Å². The lowest BCUT2D eigenvalue weighted by Gasteiger charge is -2.25. The topological polar surface area (TPSA) is 114 Å². The van der Waals surface area contributed by atoms with Crippen LogP contribution in [0, 0.1) is 34.0 Å². The number of nitrogens with two attached hydrogens (primary N) is 1. The molecule has 0 spiro atoms. The zero-order valence-corrected chi connectivity index (χ0v) is 12.3. The lowest BCUT2D eigenvalue weighted by molar-refractivity contribution is 0.733. The molecule has 0 aromatic carbocycles. The van der Waals surface area contributed by atoms with E-state index in [2.05, 4.69) is 11.1 Å². The van der Waals surface area contributed by atoms with Crippen LogP contribution in [0.4, 0.5) is 11.6 Å². The molecule has 0 aliphatic heterocycles. The minimum Gasteiger partial charge on any atom is -0.383 e. The molecule has 1 aromatic heterocycles. The van der Waals surface area contributed by atoms with Crippen molar-refractivity contribution in [1.29, 1.82) is 15.8 Å². The lowest BCUT2D eigenvalue weighted by atomic mass is 10.0. The number of aromatic nitrogens is 1. The van der Waals surface area contributed by atoms with Gasteiger partial charge < -0.3 is 10.6 Å². The number of pyridine rings is 1. The van der Waals surface area contributed by atoms with Crippen LogP contribution >= 0.6 is 0 Å². The van der Waals surface area contributed by atoms with Gasteiger partial charge in [0, 0.05) is 18.7 Å². The number of hydrogen-bond donors (Lipinski definition) is 1. The molecule has 0 saturated heterocycles. The fraction of sp³-hybridized carbons (Fsp3) is 0.467. The third-order valence-electron chi connectivity index (χ3n) is 3.08. The molecule has 0 bridgehead atoms. The predicted octanol–water partition coefficient (Wildman–Crippen LogP) is 2.10. The van der Waals surface area contributed by atoms with Gasteiger partial charge in [0.25, 0.3) is 0 Å². The van der Waals surface area contributed by atoms with Gasteiger partial charge in [-0.05, 0) is 12.8 Å². The standard InChI is InChI=1S/C15H18N6/c1-3-7-21(8-4-2)15-13(10-18)11(5-6-16)12(9-17)14(19)20-15/h3-5,7-8H2,1-2H3,(H2,19,20). The first-order valence-electron chi connectivity index (χ1n) is 6.88. The van der Waals surface area contributed by atoms with Gasteiger partial charge in [0.1, 0.15) is 29.3 Å². The predicted molar refractivity (Wildman–Crippen MR) is 80.2 cm³/mol. The highest BCUT2D eigenvalue weighted by atomic mass is 15.2. The van der Waals surface area contributed by atoms with Crippen LogP contribution in [0.3, 0.4) is 0 Å². The first-order valence-corrected chi connectivity index (χ1v) is 6.88. The van der Waals surface area contributed by atoms with E-state index in [0.29, 0.717) is 11.4 Å². The van der Waals surface area contributed by atoms with Crippen LogP contribution < -0.4 is 10.6 Å². The molecule has 0 atom stereocenters. The lowest BCUT2D eigenvalue weighted by Crippen LogP contribution is -2.28. The molecule has 6 nitrogen and oxygen atoms in total. The minimum atomic E-state index is -0.0302. The van der Waals surface area contributed by atoms with E-state index in [1.54, 1.807) is 0 Å². The van der Waals surface area contributed by atoms with Gasteiger partial charge in [-0.25, -0.2) is 4.98 Å². The Labute approximate surface area is 125 Å². The summed E-state index contributed by atoms with van der Waals surface area (Å²) in [5, 5.41) is 27.6. The summed E-state index contributed by atoms with van der Waals surface area (Å²) in [7, 11) is 0. The molecule has 0 amide bonds. The van der Waals surface area contributed by atoms with Crippen molar-refractivity contribution in [3.63, 3.8) is 0 Å². The first kappa shape index (κ1) is 16.3. The number of rotatable bonds is 6. The van der Waals surface area contributed by atoms with E-state index in [0.717, 1.165) is 25.9 Å². The van der Waals surface area contributed by atoms with Crippen molar-refractivity contribution >= 4 is 11.6 Å². The monoisotopic (exact) mass is 282 g/mol. The van der Waals surface area contributed by atoms with E-state index in [9.17, 15) is 10.5 Å². The number of hydrogen-bond acceptors (Lipinski definition) is 6. The van der Waals surface area contributed by atoms with E-state index in [-0.39, 0.29) is 23.4 Å². The van der Waals surface area contributed by atoms with Crippen LogP contribution in [-0.4, -0.2) is 18.1 Å². The second-order valence-electron chi connectivity index (χ2n) is 4.59. The molecule has 0 radical (unpaired) electrons. The maximum absolute atomic E-state index is 9.45. The summed E-state index contributed by atoms with van der Waals surface area (Å²) in [6.07, 6.45) is 1.78. The molecule has 0 unspecified atom stereocenters. The normalized spacial score (nSPS) is 9.48. The summed E-state index contributed by atoms with van der Waals surface area (Å²) in [4.78, 5) is 6.23. The second-order valence-corrected chi connectivity index (χ2v) is 4.59. The molecule has 1 aromatic rings. The molecular weight excluding hydrogens is 264 g/mol. The van der Waals surface area contributed by atoms with Gasteiger partial charge in [0.2, 0.25) is 0 Å². The molecule has 1 rings (SSSR count). The van der Waals surface area contributed by atoms with Crippen LogP contribution in [0.1, 0.15) is 43.4 Å². The Bertz CT molecular complexity index is 624. The Morgan fingerprint density at radius 3 is 2.05 bits per heavy atom. The Morgan fingerprint density at radius 2 is 1.62 bits per heavy atom. The van der Waals surface area contributed by atoms with Gasteiger partial charge in [-0.3, -0.25) is 0 Å². The smallest absolute Gasteiger partial charge is 0.149 e.